The van der Waals surface area contributed by atoms with E-state index in [2.05, 4.69) is 14.7 Å². The molecule has 0 fully saturated rings. The summed E-state index contributed by atoms with van der Waals surface area (Å²) in [6.45, 7) is 0.953. The van der Waals surface area contributed by atoms with E-state index in [1.54, 1.807) is 36.4 Å². The zero-order chi connectivity index (χ0) is 22.2. The third kappa shape index (κ3) is 7.11. The third-order valence-corrected chi connectivity index (χ3v) is 4.70. The molecule has 164 valence electrons. The predicted molar refractivity (Wildman–Crippen MR) is 120 cm³/mol. The molecule has 3 rings (SSSR count). The molecule has 11 heteroatoms. The van der Waals surface area contributed by atoms with Crippen LogP contribution in [0.15, 0.2) is 56.3 Å². The molecule has 0 aliphatic carbocycles. The number of nitrogens with zero attached hydrogens (tertiary/aromatic N) is 1. The molecule has 1 aromatic heterocycles. The second-order valence-corrected chi connectivity index (χ2v) is 7.86. The minimum atomic E-state index is -0.605. The van der Waals surface area contributed by atoms with E-state index in [-0.39, 0.29) is 11.1 Å². The average Bonchev–Trinajstić information content (AvgIpc) is 3.16. The molecule has 0 atom stereocenters. The lowest BCUT2D eigenvalue weighted by Gasteiger charge is -2.12. The smallest absolute Gasteiger partial charge is 0.439 e. The number of rotatable bonds is 10. The molecule has 0 amide bonds. The first-order chi connectivity index (χ1) is 14.9. The van der Waals surface area contributed by atoms with Gasteiger partial charge >= 0.3 is 5.76 Å². The van der Waals surface area contributed by atoms with Gasteiger partial charge in [0.25, 0.3) is 0 Å². The second kappa shape index (κ2) is 11.3. The highest BCUT2D eigenvalue weighted by atomic mass is 35.5. The Bertz CT molecular complexity index is 1070. The molecule has 0 spiro atoms. The number of benzene rings is 2. The maximum absolute atomic E-state index is 11.0. The van der Waals surface area contributed by atoms with Gasteiger partial charge in [0.05, 0.1) is 23.3 Å². The van der Waals surface area contributed by atoms with Crippen molar-refractivity contribution in [2.24, 2.45) is 0 Å². The van der Waals surface area contributed by atoms with Gasteiger partial charge in [-0.3, -0.25) is 9.51 Å². The van der Waals surface area contributed by atoms with E-state index < -0.39 is 5.76 Å². The Labute approximate surface area is 197 Å². The van der Waals surface area contributed by atoms with Crippen molar-refractivity contribution in [2.45, 2.75) is 6.42 Å². The Hall–Kier alpha value is -2.32. The molecule has 0 radical (unpaired) electrons. The van der Waals surface area contributed by atoms with E-state index in [9.17, 15) is 4.79 Å². The predicted octanol–water partition coefficient (Wildman–Crippen LogP) is 5.88. The van der Waals surface area contributed by atoms with Gasteiger partial charge in [-0.15, -0.1) is 0 Å². The molecule has 0 bridgehead atoms. The van der Waals surface area contributed by atoms with E-state index >= 15 is 0 Å². The molecule has 0 aliphatic heterocycles. The van der Waals surface area contributed by atoms with Crippen LogP contribution in [0.4, 0.5) is 0 Å². The maximum atomic E-state index is 11.0. The fraction of sp³-hybridized carbons (Fsp3) is 0.200. The average molecular weight is 506 g/mol. The van der Waals surface area contributed by atoms with Crippen LogP contribution in [0.5, 0.6) is 17.2 Å². The van der Waals surface area contributed by atoms with Crippen LogP contribution >= 0.6 is 46.4 Å². The molecule has 1 heterocycles. The number of aromatic nitrogens is 2. The number of hydrogen-bond acceptors (Lipinski definition) is 6. The van der Waals surface area contributed by atoms with Gasteiger partial charge in [0.15, 0.2) is 11.6 Å². The highest BCUT2D eigenvalue weighted by Crippen LogP contribution is 2.37. The fourth-order valence-corrected chi connectivity index (χ4v) is 3.15. The Kier molecular flexibility index (Phi) is 8.54. The Morgan fingerprint density at radius 1 is 1.00 bits per heavy atom. The zero-order valence-electron chi connectivity index (χ0n) is 15.9. The second-order valence-electron chi connectivity index (χ2n) is 6.04. The number of nitrogens with one attached hydrogen (secondary N) is 1. The largest absolute Gasteiger partial charge is 0.493 e. The van der Waals surface area contributed by atoms with Gasteiger partial charge in [0.1, 0.15) is 22.6 Å². The van der Waals surface area contributed by atoms with Crippen molar-refractivity contribution in [3.8, 4) is 28.6 Å². The minimum Gasteiger partial charge on any atom is -0.493 e. The lowest BCUT2D eigenvalue weighted by molar-refractivity contribution is 0.247. The topological polar surface area (TPSA) is 86.6 Å². The summed E-state index contributed by atoms with van der Waals surface area (Å²) < 4.78 is 21.4. The Balaban J connectivity index is 1.44. The van der Waals surface area contributed by atoms with Gasteiger partial charge < -0.3 is 14.2 Å². The van der Waals surface area contributed by atoms with Crippen molar-refractivity contribution < 1.29 is 18.7 Å². The van der Waals surface area contributed by atoms with Crippen LogP contribution in [-0.4, -0.2) is 30.0 Å². The molecule has 2 aromatic carbocycles. The fourth-order valence-electron chi connectivity index (χ4n) is 2.45. The standard InChI is InChI=1S/C20H16Cl4N2O5/c21-15-10-14(29-9-6-17(23)24)11-16(22)18(15)30-8-1-7-28-13-4-2-12(3-5-13)19-25-20(27)31-26-19/h2-6,10-11H,1,7-9H2,(H,25,26,27). The summed E-state index contributed by atoms with van der Waals surface area (Å²) in [5.74, 6) is 1.25. The molecule has 1 N–H and O–H groups in total. The summed E-state index contributed by atoms with van der Waals surface area (Å²) in [5.41, 5.74) is 0.708. The van der Waals surface area contributed by atoms with Crippen LogP contribution in [0.1, 0.15) is 6.42 Å². The van der Waals surface area contributed by atoms with Crippen LogP contribution in [-0.2, 0) is 0 Å². The van der Waals surface area contributed by atoms with Gasteiger partial charge in [0.2, 0.25) is 0 Å². The van der Waals surface area contributed by atoms with E-state index in [4.69, 9.17) is 60.6 Å². The van der Waals surface area contributed by atoms with Crippen LogP contribution in [0.2, 0.25) is 10.0 Å². The highest BCUT2D eigenvalue weighted by Gasteiger charge is 2.11. The highest BCUT2D eigenvalue weighted by molar-refractivity contribution is 6.55. The summed E-state index contributed by atoms with van der Waals surface area (Å²) >= 11 is 23.5. The number of H-pyrrole nitrogens is 1. The first-order valence-corrected chi connectivity index (χ1v) is 10.5. The Morgan fingerprint density at radius 2 is 1.68 bits per heavy atom. The number of aromatic amines is 1. The maximum Gasteiger partial charge on any atom is 0.439 e. The summed E-state index contributed by atoms with van der Waals surface area (Å²) in [5, 5.41) is 4.28. The van der Waals surface area contributed by atoms with Crippen molar-refractivity contribution in [2.75, 3.05) is 19.8 Å². The van der Waals surface area contributed by atoms with Crippen molar-refractivity contribution in [1.82, 2.24) is 10.1 Å². The summed E-state index contributed by atoms with van der Waals surface area (Å²) in [6.07, 6.45) is 2.10. The van der Waals surface area contributed by atoms with Crippen molar-refractivity contribution >= 4 is 46.4 Å². The lowest BCUT2D eigenvalue weighted by Crippen LogP contribution is -2.05. The van der Waals surface area contributed by atoms with Crippen LogP contribution in [0.25, 0.3) is 11.4 Å². The molecule has 0 saturated heterocycles. The summed E-state index contributed by atoms with van der Waals surface area (Å²) in [4.78, 5) is 13.5. The van der Waals surface area contributed by atoms with Crippen LogP contribution in [0, 0.1) is 0 Å². The number of hydrogen-bond donors (Lipinski definition) is 1. The van der Waals surface area contributed by atoms with Crippen molar-refractivity contribution in [3.63, 3.8) is 0 Å². The summed E-state index contributed by atoms with van der Waals surface area (Å²) in [6, 6.07) is 10.3. The molecule has 31 heavy (non-hydrogen) atoms. The minimum absolute atomic E-state index is 0.113. The summed E-state index contributed by atoms with van der Waals surface area (Å²) in [7, 11) is 0. The number of ether oxygens (including phenoxy) is 3. The molecular formula is C20H16Cl4N2O5. The van der Waals surface area contributed by atoms with Crippen LogP contribution < -0.4 is 20.0 Å². The molecular weight excluding hydrogens is 490 g/mol. The van der Waals surface area contributed by atoms with Gasteiger partial charge in [-0.2, -0.15) is 0 Å². The molecule has 0 aliphatic rings. The van der Waals surface area contributed by atoms with E-state index in [1.165, 1.54) is 6.08 Å². The lowest BCUT2D eigenvalue weighted by atomic mass is 10.2. The normalized spacial score (nSPS) is 10.6. The number of halogens is 4. The SMILES string of the molecule is O=c1[nH]c(-c2ccc(OCCCOc3c(Cl)cc(OCC=C(Cl)Cl)cc3Cl)cc2)no1. The third-order valence-electron chi connectivity index (χ3n) is 3.83. The first kappa shape index (κ1) is 23.3. The van der Waals surface area contributed by atoms with Crippen molar-refractivity contribution in [1.29, 1.82) is 0 Å². The molecule has 7 nitrogen and oxygen atoms in total. The van der Waals surface area contributed by atoms with E-state index in [1.807, 2.05) is 0 Å². The quantitative estimate of drug-likeness (QED) is 0.346. The molecule has 0 saturated carbocycles. The van der Waals surface area contributed by atoms with Gasteiger partial charge in [-0.05, 0) is 30.3 Å². The van der Waals surface area contributed by atoms with Crippen LogP contribution in [0.3, 0.4) is 0 Å². The first-order valence-electron chi connectivity index (χ1n) is 8.97. The van der Waals surface area contributed by atoms with Gasteiger partial charge in [0, 0.05) is 24.1 Å². The van der Waals surface area contributed by atoms with Gasteiger partial charge in [-0.25, -0.2) is 4.79 Å². The van der Waals surface area contributed by atoms with E-state index in [0.717, 1.165) is 0 Å². The zero-order valence-corrected chi connectivity index (χ0v) is 18.9. The Morgan fingerprint density at radius 3 is 2.29 bits per heavy atom. The van der Waals surface area contributed by atoms with Gasteiger partial charge in [-0.1, -0.05) is 51.6 Å². The van der Waals surface area contributed by atoms with Crippen molar-refractivity contribution in [3.05, 3.63) is 67.6 Å². The molecule has 3 aromatic rings. The van der Waals surface area contributed by atoms with E-state index in [0.29, 0.717) is 58.3 Å². The molecule has 0 unspecified atom stereocenters. The monoisotopic (exact) mass is 504 g/mol.